The molecule has 450 valence electrons. The number of carbonyl (C=O) groups is 11. The van der Waals surface area contributed by atoms with E-state index in [1.807, 2.05) is 44.3 Å². The maximum Gasteiger partial charge on any atom is 0.305 e. The van der Waals surface area contributed by atoms with Gasteiger partial charge in [-0.2, -0.15) is 0 Å². The molecule has 82 heavy (non-hydrogen) atoms. The standard InChI is InChI=1S/C52H70N10O18.C2H6/c53-50(74)38(26-33-11-12-40(63)41(64)27-33)60-46(69)32-80-25-23-78-21-18-56-45(68)31-79-24-22-77-20-17-55-44(67)30-58-51(75)39(28-49(72)73)61-52(76)37(9-3-4-16-54-42(65)15-19-62-47(70)13-14-48(62)71)59-43(66)10-5-6-34-29-57-36-8-2-1-7-35(34)36;1-2/h1-2,7-8,11-14,27,29,37-39,57,63-64H,3-6,9-10,15-26,28,30-32H2,(H2,53,74)(H,54,65)(H,55,67)(H,56,68)(H,58,75)(H,59,66)(H,60,69)(H,61,76)(H,72,73);1-2H3. The highest BCUT2D eigenvalue weighted by Crippen LogP contribution is 2.25. The number of primary amides is 1. The highest BCUT2D eigenvalue weighted by molar-refractivity contribution is 6.13. The van der Waals surface area contributed by atoms with E-state index < -0.39 is 96.1 Å². The Bertz CT molecular complexity index is 2630. The van der Waals surface area contributed by atoms with Crippen LogP contribution in [0.5, 0.6) is 11.5 Å². The molecule has 1 aliphatic rings. The van der Waals surface area contributed by atoms with Crippen LogP contribution in [0.1, 0.15) is 69.9 Å². The minimum Gasteiger partial charge on any atom is -0.504 e. The smallest absolute Gasteiger partial charge is 0.305 e. The summed E-state index contributed by atoms with van der Waals surface area (Å²) in [5.74, 6) is -8.37. The minimum absolute atomic E-state index is 0.0124. The lowest BCUT2D eigenvalue weighted by atomic mass is 10.0. The number of hydrogen-bond acceptors (Lipinski definition) is 17. The van der Waals surface area contributed by atoms with Gasteiger partial charge < -0.3 is 82.2 Å². The number of para-hydroxylation sites is 1. The second-order valence-electron chi connectivity index (χ2n) is 18.0. The average molecular weight is 1150 g/mol. The molecule has 1 aromatic heterocycles. The highest BCUT2D eigenvalue weighted by Gasteiger charge is 2.29. The lowest BCUT2D eigenvalue weighted by molar-refractivity contribution is -0.141. The number of carboxylic acids is 1. The SMILES string of the molecule is CC.NC(=O)C(Cc1ccc(O)c(O)c1)NC(=O)COCCOCCNC(=O)COCCOCCNC(=O)CNC(=O)C(CC(=O)O)NC(=O)C(CCCCNC(=O)CCN1C(=O)C=CC1=O)NC(=O)CCCc1c[nH]c2ccccc12. The summed E-state index contributed by atoms with van der Waals surface area (Å²) in [6.45, 7) is 3.38. The molecule has 28 heteroatoms. The summed E-state index contributed by atoms with van der Waals surface area (Å²) in [4.78, 5) is 140. The number of aromatic hydroxyl groups is 2. The highest BCUT2D eigenvalue weighted by atomic mass is 16.5. The first-order valence-electron chi connectivity index (χ1n) is 26.8. The van der Waals surface area contributed by atoms with Gasteiger partial charge in [-0.25, -0.2) is 0 Å². The number of phenolic OH excluding ortho intramolecular Hbond substituents is 2. The Labute approximate surface area is 473 Å². The largest absolute Gasteiger partial charge is 0.504 e. The van der Waals surface area contributed by atoms with Gasteiger partial charge in [0, 0.05) is 74.7 Å². The number of phenols is 2. The molecule has 3 aromatic rings. The Morgan fingerprint density at radius 2 is 1.24 bits per heavy atom. The monoisotopic (exact) mass is 1150 g/mol. The molecular formula is C54H76N10O18. The third kappa shape index (κ3) is 26.7. The second kappa shape index (κ2) is 38.2. The number of H-pyrrole nitrogens is 1. The van der Waals surface area contributed by atoms with Crippen molar-refractivity contribution in [2.45, 2.75) is 89.8 Å². The summed E-state index contributed by atoms with van der Waals surface area (Å²) in [5.41, 5.74) is 7.79. The number of nitrogens with one attached hydrogen (secondary N) is 8. The first-order valence-corrected chi connectivity index (χ1v) is 26.8. The molecular weight excluding hydrogens is 1080 g/mol. The number of nitrogens with zero attached hydrogens (tertiary/aromatic N) is 1. The summed E-state index contributed by atoms with van der Waals surface area (Å²) in [5, 5.41) is 47.3. The zero-order valence-electron chi connectivity index (χ0n) is 46.1. The molecule has 0 saturated carbocycles. The van der Waals surface area contributed by atoms with E-state index in [-0.39, 0.29) is 116 Å². The van der Waals surface area contributed by atoms with Crippen LogP contribution in [0, 0.1) is 0 Å². The Balaban J connectivity index is 0.00000872. The van der Waals surface area contributed by atoms with Gasteiger partial charge in [0.1, 0.15) is 31.3 Å². The van der Waals surface area contributed by atoms with Crippen molar-refractivity contribution in [1.82, 2.24) is 47.1 Å². The molecule has 0 aliphatic carbocycles. The average Bonchev–Trinajstić information content (AvgIpc) is 4.09. The summed E-state index contributed by atoms with van der Waals surface area (Å²) >= 11 is 0. The Morgan fingerprint density at radius 3 is 1.90 bits per heavy atom. The number of aryl methyl sites for hydroxylation is 1. The van der Waals surface area contributed by atoms with Crippen molar-refractivity contribution < 1.29 is 87.0 Å². The summed E-state index contributed by atoms with van der Waals surface area (Å²) in [6.07, 6.45) is 4.83. The van der Waals surface area contributed by atoms with Crippen LogP contribution in [0.4, 0.5) is 0 Å². The Morgan fingerprint density at radius 1 is 0.622 bits per heavy atom. The molecule has 4 rings (SSSR count). The number of carbonyl (C=O) groups excluding carboxylic acids is 10. The molecule has 0 spiro atoms. The van der Waals surface area contributed by atoms with Crippen LogP contribution in [0.2, 0.25) is 0 Å². The zero-order chi connectivity index (χ0) is 60.2. The van der Waals surface area contributed by atoms with E-state index in [4.69, 9.17) is 24.7 Å². The topological polar surface area (TPSA) is 415 Å². The number of imide groups is 1. The first-order chi connectivity index (χ1) is 39.4. The third-order valence-electron chi connectivity index (χ3n) is 11.8. The number of carboxylic acid groups (broad SMARTS) is 1. The maximum atomic E-state index is 13.6. The van der Waals surface area contributed by atoms with Crippen molar-refractivity contribution in [3.05, 3.63) is 71.9 Å². The number of hydrogen-bond donors (Lipinski definition) is 12. The maximum absolute atomic E-state index is 13.6. The van der Waals surface area contributed by atoms with E-state index in [2.05, 4.69) is 42.2 Å². The Hall–Kier alpha value is -8.47. The molecule has 10 amide bonds. The van der Waals surface area contributed by atoms with Crippen molar-refractivity contribution in [3.63, 3.8) is 0 Å². The number of fused-ring (bicyclic) bond motifs is 1. The van der Waals surface area contributed by atoms with Gasteiger partial charge in [-0.15, -0.1) is 0 Å². The molecule has 3 unspecified atom stereocenters. The number of unbranched alkanes of at least 4 members (excludes halogenated alkanes) is 1. The van der Waals surface area contributed by atoms with Gasteiger partial charge in [-0.1, -0.05) is 38.1 Å². The number of amides is 10. The molecule has 0 radical (unpaired) electrons. The van der Waals surface area contributed by atoms with Crippen LogP contribution in [0.3, 0.4) is 0 Å². The molecule has 2 aromatic carbocycles. The summed E-state index contributed by atoms with van der Waals surface area (Å²) in [6, 6.07) is 7.73. The normalized spacial score (nSPS) is 12.8. The van der Waals surface area contributed by atoms with Crippen LogP contribution >= 0.6 is 0 Å². The van der Waals surface area contributed by atoms with Crippen molar-refractivity contribution in [2.75, 3.05) is 85.6 Å². The fraction of sp³-hybridized carbons (Fsp3) is 0.500. The Kier molecular flexibility index (Phi) is 31.6. The number of ether oxygens (including phenoxy) is 4. The van der Waals surface area contributed by atoms with Crippen LogP contribution in [-0.4, -0.2) is 194 Å². The number of aliphatic carboxylic acids is 1. The van der Waals surface area contributed by atoms with E-state index >= 15 is 0 Å². The molecule has 0 fully saturated rings. The van der Waals surface area contributed by atoms with Crippen LogP contribution in [-0.2, 0) is 84.5 Å². The van der Waals surface area contributed by atoms with E-state index in [9.17, 15) is 68.1 Å². The molecule has 1 aliphatic heterocycles. The number of nitrogens with two attached hydrogens (primary N) is 1. The van der Waals surface area contributed by atoms with Gasteiger partial charge in [0.2, 0.25) is 47.3 Å². The van der Waals surface area contributed by atoms with Gasteiger partial charge in [-0.05, 0) is 61.4 Å². The molecule has 28 nitrogen and oxygen atoms in total. The zero-order valence-corrected chi connectivity index (χ0v) is 46.1. The second-order valence-corrected chi connectivity index (χ2v) is 18.0. The number of rotatable bonds is 40. The number of aromatic amines is 1. The summed E-state index contributed by atoms with van der Waals surface area (Å²) < 4.78 is 21.3. The minimum atomic E-state index is -1.63. The van der Waals surface area contributed by atoms with Crippen LogP contribution in [0.15, 0.2) is 60.8 Å². The van der Waals surface area contributed by atoms with Gasteiger partial charge in [0.15, 0.2) is 11.5 Å². The quantitative estimate of drug-likeness (QED) is 0.0177. The number of benzene rings is 2. The van der Waals surface area contributed by atoms with E-state index in [0.29, 0.717) is 31.2 Å². The molecule has 13 N–H and O–H groups in total. The fourth-order valence-electron chi connectivity index (χ4n) is 7.71. The van der Waals surface area contributed by atoms with E-state index in [1.54, 1.807) is 0 Å². The van der Waals surface area contributed by atoms with Crippen LogP contribution < -0.4 is 43.0 Å². The van der Waals surface area contributed by atoms with Gasteiger partial charge in [0.25, 0.3) is 11.8 Å². The summed E-state index contributed by atoms with van der Waals surface area (Å²) in [7, 11) is 0. The first kappa shape index (κ1) is 67.8. The predicted molar refractivity (Wildman–Crippen MR) is 293 cm³/mol. The fourth-order valence-corrected chi connectivity index (χ4v) is 7.71. The number of aromatic nitrogens is 1. The lowest BCUT2D eigenvalue weighted by Crippen LogP contribution is -2.55. The lowest BCUT2D eigenvalue weighted by Gasteiger charge is -2.22. The van der Waals surface area contributed by atoms with Crippen molar-refractivity contribution in [1.29, 1.82) is 0 Å². The predicted octanol–water partition coefficient (Wildman–Crippen LogP) is -1.40. The van der Waals surface area contributed by atoms with Crippen molar-refractivity contribution in [2.24, 2.45) is 5.73 Å². The van der Waals surface area contributed by atoms with E-state index in [1.165, 1.54) is 18.2 Å². The molecule has 2 heterocycles. The van der Waals surface area contributed by atoms with Crippen molar-refractivity contribution >= 4 is 75.9 Å². The van der Waals surface area contributed by atoms with Crippen molar-refractivity contribution in [3.8, 4) is 11.5 Å². The van der Waals surface area contributed by atoms with Gasteiger partial charge >= 0.3 is 5.97 Å². The molecule has 3 atom stereocenters. The van der Waals surface area contributed by atoms with E-state index in [0.717, 1.165) is 33.5 Å². The van der Waals surface area contributed by atoms with Gasteiger partial charge in [0.05, 0.1) is 52.6 Å². The molecule has 0 saturated heterocycles. The third-order valence-corrected chi connectivity index (χ3v) is 11.8. The van der Waals surface area contributed by atoms with Gasteiger partial charge in [-0.3, -0.25) is 57.6 Å². The molecule has 0 bridgehead atoms. The van der Waals surface area contributed by atoms with Crippen LogP contribution in [0.25, 0.3) is 10.9 Å².